The number of anilines is 2. The van der Waals surface area contributed by atoms with Gasteiger partial charge in [-0.1, -0.05) is 19.4 Å². The van der Waals surface area contributed by atoms with E-state index >= 15 is 0 Å². The summed E-state index contributed by atoms with van der Waals surface area (Å²) in [6, 6.07) is 8.65. The fourth-order valence-corrected chi connectivity index (χ4v) is 2.12. The molecule has 0 unspecified atom stereocenters. The Balaban J connectivity index is 2.09. The summed E-state index contributed by atoms with van der Waals surface area (Å²) in [6.07, 6.45) is 5.11. The smallest absolute Gasteiger partial charge is 0.337 e. The van der Waals surface area contributed by atoms with Gasteiger partial charge in [-0.25, -0.2) is 4.79 Å². The number of ether oxygens (including phenoxy) is 1. The number of amides is 1. The normalized spacial score (nSPS) is 10.1. The molecule has 126 valence electrons. The fourth-order valence-electron chi connectivity index (χ4n) is 2.12. The van der Waals surface area contributed by atoms with Crippen LogP contribution in [0.25, 0.3) is 0 Å². The molecule has 0 aliphatic rings. The van der Waals surface area contributed by atoms with Crippen LogP contribution in [-0.2, 0) is 4.74 Å². The minimum Gasteiger partial charge on any atom is -0.465 e. The zero-order valence-corrected chi connectivity index (χ0v) is 13.8. The second-order valence-electron chi connectivity index (χ2n) is 5.27. The number of nitrogens with zero attached hydrogens (tertiary/aromatic N) is 1. The van der Waals surface area contributed by atoms with Crippen LogP contribution in [-0.4, -0.2) is 30.5 Å². The molecule has 0 saturated heterocycles. The number of carbonyl (C=O) groups is 2. The van der Waals surface area contributed by atoms with Gasteiger partial charge in [-0.05, 0) is 30.7 Å². The molecule has 1 heterocycles. The van der Waals surface area contributed by atoms with Crippen molar-refractivity contribution >= 4 is 23.3 Å². The number of rotatable bonds is 7. The van der Waals surface area contributed by atoms with Gasteiger partial charge in [0.2, 0.25) is 0 Å². The van der Waals surface area contributed by atoms with Crippen molar-refractivity contribution in [3.8, 4) is 0 Å². The molecule has 2 aromatic rings. The highest BCUT2D eigenvalue weighted by molar-refractivity contribution is 5.95. The predicted molar refractivity (Wildman–Crippen MR) is 92.5 cm³/mol. The summed E-state index contributed by atoms with van der Waals surface area (Å²) in [4.78, 5) is 27.7. The molecule has 0 radical (unpaired) electrons. The molecule has 0 aliphatic heterocycles. The second-order valence-corrected chi connectivity index (χ2v) is 5.27. The first kappa shape index (κ1) is 17.5. The van der Waals surface area contributed by atoms with E-state index in [1.54, 1.807) is 30.5 Å². The van der Waals surface area contributed by atoms with Gasteiger partial charge in [0.05, 0.1) is 30.1 Å². The zero-order valence-electron chi connectivity index (χ0n) is 13.8. The zero-order chi connectivity index (χ0) is 17.4. The average molecular weight is 327 g/mol. The van der Waals surface area contributed by atoms with Gasteiger partial charge >= 0.3 is 5.97 Å². The van der Waals surface area contributed by atoms with E-state index in [1.807, 2.05) is 6.07 Å². The van der Waals surface area contributed by atoms with Crippen molar-refractivity contribution in [3.63, 3.8) is 0 Å². The van der Waals surface area contributed by atoms with Crippen LogP contribution in [0, 0.1) is 0 Å². The van der Waals surface area contributed by atoms with Crippen molar-refractivity contribution in [1.82, 2.24) is 10.3 Å². The van der Waals surface area contributed by atoms with Gasteiger partial charge in [0.25, 0.3) is 5.91 Å². The lowest BCUT2D eigenvalue weighted by Gasteiger charge is -2.09. The summed E-state index contributed by atoms with van der Waals surface area (Å²) in [5.74, 6) is -0.552. The molecule has 6 heteroatoms. The molecule has 0 bridgehead atoms. The highest BCUT2D eigenvalue weighted by Crippen LogP contribution is 2.18. The van der Waals surface area contributed by atoms with Crippen LogP contribution < -0.4 is 10.6 Å². The maximum atomic E-state index is 12.1. The topological polar surface area (TPSA) is 80.3 Å². The van der Waals surface area contributed by atoms with E-state index in [1.165, 1.54) is 13.3 Å². The van der Waals surface area contributed by atoms with Gasteiger partial charge in [0, 0.05) is 18.4 Å². The molecule has 1 aromatic heterocycles. The fraction of sp³-hybridized carbons (Fsp3) is 0.278. The van der Waals surface area contributed by atoms with Crippen molar-refractivity contribution in [2.45, 2.75) is 19.8 Å². The van der Waals surface area contributed by atoms with E-state index in [-0.39, 0.29) is 5.91 Å². The lowest BCUT2D eigenvalue weighted by Crippen LogP contribution is -2.24. The standard InChI is InChI=1S/C18H21N3O3/c1-3-4-8-20-17(22)14-10-16(12-19-11-14)21-15-7-5-6-13(9-15)18(23)24-2/h5-7,9-12,21H,3-4,8H2,1-2H3,(H,20,22). The largest absolute Gasteiger partial charge is 0.465 e. The van der Waals surface area contributed by atoms with Crippen LogP contribution in [0.2, 0.25) is 0 Å². The van der Waals surface area contributed by atoms with Crippen LogP contribution in [0.1, 0.15) is 40.5 Å². The lowest BCUT2D eigenvalue weighted by molar-refractivity contribution is 0.0600. The molecule has 0 aliphatic carbocycles. The van der Waals surface area contributed by atoms with E-state index in [0.29, 0.717) is 29.0 Å². The number of methoxy groups -OCH3 is 1. The highest BCUT2D eigenvalue weighted by atomic mass is 16.5. The van der Waals surface area contributed by atoms with Gasteiger partial charge in [-0.3, -0.25) is 9.78 Å². The van der Waals surface area contributed by atoms with Crippen LogP contribution in [0.15, 0.2) is 42.7 Å². The molecule has 1 amide bonds. The number of carbonyl (C=O) groups excluding carboxylic acids is 2. The van der Waals surface area contributed by atoms with Crippen LogP contribution in [0.4, 0.5) is 11.4 Å². The minimum atomic E-state index is -0.402. The number of aromatic nitrogens is 1. The molecule has 0 spiro atoms. The Morgan fingerprint density at radius 1 is 1.12 bits per heavy atom. The van der Waals surface area contributed by atoms with Crippen molar-refractivity contribution in [2.24, 2.45) is 0 Å². The Hall–Kier alpha value is -2.89. The third kappa shape index (κ3) is 4.81. The van der Waals surface area contributed by atoms with Gasteiger partial charge in [-0.15, -0.1) is 0 Å². The molecule has 6 nitrogen and oxygen atoms in total. The maximum Gasteiger partial charge on any atom is 0.337 e. The number of nitrogens with one attached hydrogen (secondary N) is 2. The molecular formula is C18H21N3O3. The first-order chi connectivity index (χ1) is 11.6. The van der Waals surface area contributed by atoms with E-state index < -0.39 is 5.97 Å². The number of hydrogen-bond donors (Lipinski definition) is 2. The Bertz CT molecular complexity index is 716. The maximum absolute atomic E-state index is 12.1. The highest BCUT2D eigenvalue weighted by Gasteiger charge is 2.08. The van der Waals surface area contributed by atoms with Gasteiger partial charge < -0.3 is 15.4 Å². The van der Waals surface area contributed by atoms with E-state index in [0.717, 1.165) is 12.8 Å². The van der Waals surface area contributed by atoms with Crippen LogP contribution in [0.3, 0.4) is 0 Å². The van der Waals surface area contributed by atoms with E-state index in [4.69, 9.17) is 4.74 Å². The molecule has 0 fully saturated rings. The summed E-state index contributed by atoms with van der Waals surface area (Å²) in [5, 5.41) is 5.99. The van der Waals surface area contributed by atoms with Crippen molar-refractivity contribution in [1.29, 1.82) is 0 Å². The molecule has 0 atom stereocenters. The number of benzene rings is 1. The third-order valence-electron chi connectivity index (χ3n) is 3.39. The van der Waals surface area contributed by atoms with Crippen LogP contribution >= 0.6 is 0 Å². The average Bonchev–Trinajstić information content (AvgIpc) is 2.61. The van der Waals surface area contributed by atoms with Crippen molar-refractivity contribution in [3.05, 3.63) is 53.9 Å². The summed E-state index contributed by atoms with van der Waals surface area (Å²) < 4.78 is 4.71. The van der Waals surface area contributed by atoms with Gasteiger partial charge in [-0.2, -0.15) is 0 Å². The second kappa shape index (κ2) is 8.67. The summed E-state index contributed by atoms with van der Waals surface area (Å²) in [5.41, 5.74) is 2.31. The number of unbranched alkanes of at least 4 members (excludes halogenated alkanes) is 1. The molecule has 24 heavy (non-hydrogen) atoms. The molecule has 1 aromatic carbocycles. The van der Waals surface area contributed by atoms with E-state index in [2.05, 4.69) is 22.5 Å². The Morgan fingerprint density at radius 3 is 2.67 bits per heavy atom. The first-order valence-corrected chi connectivity index (χ1v) is 7.82. The lowest BCUT2D eigenvalue weighted by atomic mass is 10.2. The predicted octanol–water partition coefficient (Wildman–Crippen LogP) is 3.14. The van der Waals surface area contributed by atoms with Crippen molar-refractivity contribution < 1.29 is 14.3 Å². The van der Waals surface area contributed by atoms with Gasteiger partial charge in [0.15, 0.2) is 0 Å². The van der Waals surface area contributed by atoms with E-state index in [9.17, 15) is 9.59 Å². The summed E-state index contributed by atoms with van der Waals surface area (Å²) in [7, 11) is 1.34. The molecule has 2 rings (SSSR count). The SMILES string of the molecule is CCCCNC(=O)c1cncc(Nc2cccc(C(=O)OC)c2)c1. The summed E-state index contributed by atoms with van der Waals surface area (Å²) >= 11 is 0. The summed E-state index contributed by atoms with van der Waals surface area (Å²) in [6.45, 7) is 2.72. The number of esters is 1. The Kier molecular flexibility index (Phi) is 6.31. The minimum absolute atomic E-state index is 0.150. The molecule has 0 saturated carbocycles. The number of pyridine rings is 1. The monoisotopic (exact) mass is 327 g/mol. The van der Waals surface area contributed by atoms with Crippen molar-refractivity contribution in [2.75, 3.05) is 19.0 Å². The Labute approximate surface area is 141 Å². The molecular weight excluding hydrogens is 306 g/mol. The Morgan fingerprint density at radius 2 is 1.92 bits per heavy atom. The van der Waals surface area contributed by atoms with Crippen LogP contribution in [0.5, 0.6) is 0 Å². The molecule has 2 N–H and O–H groups in total. The van der Waals surface area contributed by atoms with Gasteiger partial charge in [0.1, 0.15) is 0 Å². The number of hydrogen-bond acceptors (Lipinski definition) is 5. The third-order valence-corrected chi connectivity index (χ3v) is 3.39. The first-order valence-electron chi connectivity index (χ1n) is 7.82. The quantitative estimate of drug-likeness (QED) is 0.603.